The minimum absolute atomic E-state index is 0.0957. The first kappa shape index (κ1) is 34.1. The number of hydrogen-bond acceptors (Lipinski definition) is 2. The molecule has 2 aromatic heterocycles. The maximum absolute atomic E-state index is 2.89. The van der Waals surface area contributed by atoms with Crippen LogP contribution in [0.4, 0.5) is 11.4 Å². The normalized spacial score (nSPS) is 15.1. The van der Waals surface area contributed by atoms with Gasteiger partial charge in [0.1, 0.15) is 0 Å². The van der Waals surface area contributed by atoms with Crippen molar-refractivity contribution < 1.29 is 0 Å². The molecule has 1 unspecified atom stereocenters. The smallest absolute Gasteiger partial charge is 0.179 e. The van der Waals surface area contributed by atoms with Gasteiger partial charge in [-0.2, -0.15) is 0 Å². The van der Waals surface area contributed by atoms with Gasteiger partial charge in [-0.15, -0.1) is 11.3 Å². The summed E-state index contributed by atoms with van der Waals surface area (Å²) in [6, 6.07) is 74.4. The number of thiophene rings is 1. The predicted octanol–water partition coefficient (Wildman–Crippen LogP) is 12.5. The average molecular weight is 787 g/mol. The lowest BCUT2D eigenvalue weighted by molar-refractivity contribution is 1.02. The number of anilines is 2. The predicted molar refractivity (Wildman–Crippen MR) is 254 cm³/mol. The van der Waals surface area contributed by atoms with E-state index in [0.29, 0.717) is 0 Å². The van der Waals surface area contributed by atoms with Crippen LogP contribution in [0, 0.1) is 0 Å². The molecule has 8 aromatic carbocycles. The Morgan fingerprint density at radius 3 is 1.86 bits per heavy atom. The first-order chi connectivity index (χ1) is 29.3. The molecular weight excluding hydrogens is 749 g/mol. The summed E-state index contributed by atoms with van der Waals surface area (Å²) in [6.45, 7) is 0. The number of para-hydroxylation sites is 3. The van der Waals surface area contributed by atoms with Gasteiger partial charge in [0.2, 0.25) is 0 Å². The van der Waals surface area contributed by atoms with E-state index in [2.05, 4.69) is 234 Å². The van der Waals surface area contributed by atoms with Crippen LogP contribution in [-0.2, 0) is 0 Å². The van der Waals surface area contributed by atoms with E-state index < -0.39 is 8.07 Å². The van der Waals surface area contributed by atoms with Gasteiger partial charge in [-0.25, -0.2) is 0 Å². The average Bonchev–Trinajstić information content (AvgIpc) is 3.89. The Morgan fingerprint density at radius 1 is 0.475 bits per heavy atom. The zero-order chi connectivity index (χ0) is 38.9. The van der Waals surface area contributed by atoms with E-state index in [-0.39, 0.29) is 5.92 Å². The monoisotopic (exact) mass is 786 g/mol. The van der Waals surface area contributed by atoms with Crippen LogP contribution in [0.3, 0.4) is 0 Å². The first-order valence-corrected chi connectivity index (χ1v) is 23.2. The summed E-state index contributed by atoms with van der Waals surface area (Å²) in [5.74, 6) is 0.0957. The Kier molecular flexibility index (Phi) is 7.84. The minimum atomic E-state index is -2.89. The molecule has 1 aliphatic carbocycles. The Balaban J connectivity index is 1.08. The molecule has 3 heterocycles. The van der Waals surface area contributed by atoms with E-state index in [0.717, 1.165) is 0 Å². The van der Waals surface area contributed by atoms with Gasteiger partial charge >= 0.3 is 0 Å². The topological polar surface area (TPSA) is 8.17 Å². The fourth-order valence-corrected chi connectivity index (χ4v) is 16.2. The van der Waals surface area contributed by atoms with Crippen molar-refractivity contribution in [2.45, 2.75) is 5.92 Å². The highest BCUT2D eigenvalue weighted by Gasteiger charge is 2.44. The van der Waals surface area contributed by atoms with Gasteiger partial charge in [0.05, 0.1) is 16.7 Å². The Labute approximate surface area is 348 Å². The van der Waals surface area contributed by atoms with Crippen LogP contribution in [0.5, 0.6) is 0 Å². The van der Waals surface area contributed by atoms with Gasteiger partial charge in [0.15, 0.2) is 8.07 Å². The molecule has 278 valence electrons. The number of benzene rings is 8. The molecule has 0 bridgehead atoms. The molecule has 4 heteroatoms. The third-order valence-electron chi connectivity index (χ3n) is 12.6. The number of fused-ring (bicyclic) bond motifs is 10. The fraction of sp³-hybridized carbons (Fsp3) is 0.0182. The molecule has 0 fully saturated rings. The zero-order valence-corrected chi connectivity index (χ0v) is 34.1. The molecular formula is C55H38N2SSi. The second kappa shape index (κ2) is 13.6. The zero-order valence-electron chi connectivity index (χ0n) is 32.2. The summed E-state index contributed by atoms with van der Waals surface area (Å²) >= 11 is 1.91. The van der Waals surface area contributed by atoms with Crippen molar-refractivity contribution in [3.63, 3.8) is 0 Å². The third kappa shape index (κ3) is 5.10. The summed E-state index contributed by atoms with van der Waals surface area (Å²) in [5.41, 5.74) is 8.68. The molecule has 0 amide bonds. The van der Waals surface area contributed by atoms with E-state index in [4.69, 9.17) is 0 Å². The van der Waals surface area contributed by atoms with Crippen LogP contribution >= 0.6 is 11.3 Å². The van der Waals surface area contributed by atoms with Gasteiger partial charge in [-0.1, -0.05) is 170 Å². The molecule has 0 saturated heterocycles. The summed E-state index contributed by atoms with van der Waals surface area (Å²) < 4.78 is 5.16. The van der Waals surface area contributed by atoms with Crippen molar-refractivity contribution in [3.05, 3.63) is 241 Å². The van der Waals surface area contributed by atoms with Crippen LogP contribution in [-0.4, -0.2) is 12.6 Å². The standard InChI is InChI=1S/C55H38N2SSi/c1-4-17-38(18-5-1)56-49-27-13-10-24-44(49)48-37-43(23-16-29-51(48)56)59(40-19-6-2-7-20-40,41-21-8-3-9-22-41)42-33-31-39(32-34-42)57-50-28-14-11-26-47(50)54-52(57)36-35-46-45-25-12-15-30-53(45)58-55(46)54/h1-37,48H. The lowest BCUT2D eigenvalue weighted by atomic mass is 9.98. The van der Waals surface area contributed by atoms with Crippen LogP contribution in [0.15, 0.2) is 235 Å². The number of nitrogens with zero attached hydrogens (tertiary/aromatic N) is 2. The fourth-order valence-electron chi connectivity index (χ4n) is 10.1. The molecule has 0 spiro atoms. The Hall–Kier alpha value is -6.98. The Bertz CT molecular complexity index is 3280. The van der Waals surface area contributed by atoms with Crippen molar-refractivity contribution in [2.24, 2.45) is 0 Å². The van der Waals surface area contributed by atoms with E-state index in [1.807, 2.05) is 11.3 Å². The van der Waals surface area contributed by atoms with Crippen molar-refractivity contribution in [2.75, 3.05) is 4.90 Å². The molecule has 1 atom stereocenters. The maximum Gasteiger partial charge on any atom is 0.179 e. The quantitative estimate of drug-likeness (QED) is 0.120. The summed E-state index contributed by atoms with van der Waals surface area (Å²) in [7, 11) is -2.89. The van der Waals surface area contributed by atoms with E-state index in [1.54, 1.807) is 0 Å². The van der Waals surface area contributed by atoms with Gasteiger partial charge in [-0.3, -0.25) is 0 Å². The number of aromatic nitrogens is 1. The van der Waals surface area contributed by atoms with E-state index >= 15 is 0 Å². The summed E-state index contributed by atoms with van der Waals surface area (Å²) in [6.07, 6.45) is 9.66. The molecule has 2 aliphatic rings. The van der Waals surface area contributed by atoms with Gasteiger partial charge < -0.3 is 9.47 Å². The molecule has 12 rings (SSSR count). The second-order valence-corrected chi connectivity index (χ2v) is 20.5. The van der Waals surface area contributed by atoms with Crippen molar-refractivity contribution in [1.29, 1.82) is 0 Å². The molecule has 10 aromatic rings. The maximum atomic E-state index is 2.60. The van der Waals surface area contributed by atoms with Gasteiger partial charge in [0, 0.05) is 53.9 Å². The number of hydrogen-bond donors (Lipinski definition) is 0. The molecule has 0 radical (unpaired) electrons. The highest BCUT2D eigenvalue weighted by atomic mass is 32.1. The molecule has 2 nitrogen and oxygen atoms in total. The van der Waals surface area contributed by atoms with Crippen LogP contribution in [0.2, 0.25) is 0 Å². The molecule has 0 saturated carbocycles. The minimum Gasteiger partial charge on any atom is -0.313 e. The molecule has 59 heavy (non-hydrogen) atoms. The van der Waals surface area contributed by atoms with E-state index in [9.17, 15) is 0 Å². The van der Waals surface area contributed by atoms with Crippen LogP contribution < -0.4 is 20.5 Å². The largest absolute Gasteiger partial charge is 0.313 e. The lowest BCUT2D eigenvalue weighted by Crippen LogP contribution is -2.68. The second-order valence-electron chi connectivity index (χ2n) is 15.6. The molecule has 0 N–H and O–H groups in total. The SMILES string of the molecule is C1=CC([Si](c2ccccc2)(c2ccccc2)c2ccc(-n3c4ccccc4c4c5sc6ccccc6c5ccc43)cc2)=CC2C(=C1)N(c1ccccc1)c1ccccc12. The lowest BCUT2D eigenvalue weighted by Gasteiger charge is -2.36. The summed E-state index contributed by atoms with van der Waals surface area (Å²) in [5, 5.41) is 10.8. The third-order valence-corrected chi connectivity index (χ3v) is 18.6. The van der Waals surface area contributed by atoms with Gasteiger partial charge in [-0.05, 0) is 80.9 Å². The highest BCUT2D eigenvalue weighted by Crippen LogP contribution is 2.50. The van der Waals surface area contributed by atoms with E-state index in [1.165, 1.54) is 91.1 Å². The van der Waals surface area contributed by atoms with Crippen LogP contribution in [0.25, 0.3) is 47.7 Å². The van der Waals surface area contributed by atoms with Crippen molar-refractivity contribution in [1.82, 2.24) is 4.57 Å². The van der Waals surface area contributed by atoms with Crippen LogP contribution in [0.1, 0.15) is 11.5 Å². The van der Waals surface area contributed by atoms with Gasteiger partial charge in [0.25, 0.3) is 0 Å². The first-order valence-electron chi connectivity index (χ1n) is 20.4. The Morgan fingerprint density at radius 2 is 1.10 bits per heavy atom. The summed E-state index contributed by atoms with van der Waals surface area (Å²) in [4.78, 5) is 2.45. The molecule has 1 aliphatic heterocycles. The van der Waals surface area contributed by atoms with Crippen molar-refractivity contribution >= 4 is 88.3 Å². The van der Waals surface area contributed by atoms with Crippen molar-refractivity contribution in [3.8, 4) is 5.69 Å². The number of allylic oxidation sites excluding steroid dienone is 5. The highest BCUT2D eigenvalue weighted by molar-refractivity contribution is 7.26. The number of rotatable bonds is 6.